The Morgan fingerprint density at radius 3 is 2.60 bits per heavy atom. The normalized spacial score (nSPS) is 17.0. The molecule has 1 saturated heterocycles. The lowest BCUT2D eigenvalue weighted by Gasteiger charge is -2.17. The lowest BCUT2D eigenvalue weighted by Crippen LogP contribution is -2.28. The molecule has 1 heterocycles. The van der Waals surface area contributed by atoms with Crippen molar-refractivity contribution in [1.29, 1.82) is 0 Å². The average Bonchev–Trinajstić information content (AvgIpc) is 3.00. The number of nitrogens with one attached hydrogen (secondary N) is 1. The SMILES string of the molecule is CCc1ccc(NC(=O)[C@H]2CC(=O)N(c3ccc(C)c(Cl)c3)C2)cc1. The van der Waals surface area contributed by atoms with Crippen LogP contribution >= 0.6 is 11.6 Å². The van der Waals surface area contributed by atoms with Gasteiger partial charge in [0, 0.05) is 29.4 Å². The molecule has 0 spiro atoms. The van der Waals surface area contributed by atoms with Gasteiger partial charge >= 0.3 is 0 Å². The van der Waals surface area contributed by atoms with E-state index in [2.05, 4.69) is 12.2 Å². The number of hydrogen-bond acceptors (Lipinski definition) is 2. The molecule has 1 aliphatic heterocycles. The molecule has 0 aliphatic carbocycles. The highest BCUT2D eigenvalue weighted by Gasteiger charge is 2.35. The van der Waals surface area contributed by atoms with Gasteiger partial charge in [-0.15, -0.1) is 0 Å². The van der Waals surface area contributed by atoms with E-state index in [1.165, 1.54) is 5.56 Å². The average molecular weight is 357 g/mol. The Bertz CT molecular complexity index is 802. The van der Waals surface area contributed by atoms with Crippen LogP contribution in [0, 0.1) is 12.8 Å². The van der Waals surface area contributed by atoms with Gasteiger partial charge in [-0.1, -0.05) is 36.7 Å². The highest BCUT2D eigenvalue weighted by Crippen LogP contribution is 2.29. The van der Waals surface area contributed by atoms with Crippen LogP contribution in [0.25, 0.3) is 0 Å². The number of carbonyl (C=O) groups is 2. The van der Waals surface area contributed by atoms with Crippen LogP contribution in [0.1, 0.15) is 24.5 Å². The van der Waals surface area contributed by atoms with Crippen LogP contribution in [0.3, 0.4) is 0 Å². The van der Waals surface area contributed by atoms with Crippen molar-refractivity contribution in [2.24, 2.45) is 5.92 Å². The smallest absolute Gasteiger partial charge is 0.229 e. The number of anilines is 2. The molecule has 1 fully saturated rings. The van der Waals surface area contributed by atoms with Crippen molar-refractivity contribution in [3.63, 3.8) is 0 Å². The summed E-state index contributed by atoms with van der Waals surface area (Å²) in [5.41, 5.74) is 3.67. The maximum absolute atomic E-state index is 12.5. The van der Waals surface area contributed by atoms with Gasteiger partial charge in [-0.3, -0.25) is 9.59 Å². The Labute approximate surface area is 152 Å². The van der Waals surface area contributed by atoms with E-state index < -0.39 is 0 Å². The van der Waals surface area contributed by atoms with E-state index in [1.807, 2.05) is 43.3 Å². The topological polar surface area (TPSA) is 49.4 Å². The monoisotopic (exact) mass is 356 g/mol. The number of carbonyl (C=O) groups excluding carboxylic acids is 2. The summed E-state index contributed by atoms with van der Waals surface area (Å²) in [7, 11) is 0. The van der Waals surface area contributed by atoms with Crippen molar-refractivity contribution in [2.75, 3.05) is 16.8 Å². The third kappa shape index (κ3) is 3.85. The van der Waals surface area contributed by atoms with Crippen LogP contribution in [-0.2, 0) is 16.0 Å². The van der Waals surface area contributed by atoms with Gasteiger partial charge in [-0.25, -0.2) is 0 Å². The zero-order valence-corrected chi connectivity index (χ0v) is 15.1. The quantitative estimate of drug-likeness (QED) is 0.892. The van der Waals surface area contributed by atoms with E-state index >= 15 is 0 Å². The van der Waals surface area contributed by atoms with Gasteiger partial charge < -0.3 is 10.2 Å². The van der Waals surface area contributed by atoms with Gasteiger partial charge in [-0.2, -0.15) is 0 Å². The molecular formula is C20H21ClN2O2. The van der Waals surface area contributed by atoms with E-state index in [4.69, 9.17) is 11.6 Å². The molecule has 1 atom stereocenters. The molecule has 0 unspecified atom stereocenters. The fourth-order valence-electron chi connectivity index (χ4n) is 2.95. The summed E-state index contributed by atoms with van der Waals surface area (Å²) >= 11 is 6.15. The zero-order chi connectivity index (χ0) is 18.0. The summed E-state index contributed by atoms with van der Waals surface area (Å²) in [6.45, 7) is 4.37. The van der Waals surface area contributed by atoms with Crippen LogP contribution in [0.5, 0.6) is 0 Å². The van der Waals surface area contributed by atoms with E-state index in [0.29, 0.717) is 11.6 Å². The number of rotatable bonds is 4. The predicted molar refractivity (Wildman–Crippen MR) is 101 cm³/mol. The molecule has 0 saturated carbocycles. The van der Waals surface area contributed by atoms with Crippen molar-refractivity contribution in [3.05, 3.63) is 58.6 Å². The molecule has 1 N–H and O–H groups in total. The molecule has 25 heavy (non-hydrogen) atoms. The van der Waals surface area contributed by atoms with Gasteiger partial charge in [0.25, 0.3) is 0 Å². The summed E-state index contributed by atoms with van der Waals surface area (Å²) in [6.07, 6.45) is 1.17. The first-order valence-electron chi connectivity index (χ1n) is 8.44. The number of benzene rings is 2. The van der Waals surface area contributed by atoms with Crippen molar-refractivity contribution in [2.45, 2.75) is 26.7 Å². The molecule has 4 nitrogen and oxygen atoms in total. The first kappa shape index (κ1) is 17.5. The van der Waals surface area contributed by atoms with Crippen LogP contribution in [-0.4, -0.2) is 18.4 Å². The standard InChI is InChI=1S/C20H21ClN2O2/c1-3-14-5-7-16(8-6-14)22-20(25)15-10-19(24)23(12-15)17-9-4-13(2)18(21)11-17/h4-9,11,15H,3,10,12H2,1-2H3,(H,22,25)/t15-/m0/s1. The molecule has 0 aromatic heterocycles. The van der Waals surface area contributed by atoms with Crippen LogP contribution in [0.15, 0.2) is 42.5 Å². The summed E-state index contributed by atoms with van der Waals surface area (Å²) in [4.78, 5) is 26.5. The zero-order valence-electron chi connectivity index (χ0n) is 14.4. The number of amides is 2. The Morgan fingerprint density at radius 1 is 1.24 bits per heavy atom. The van der Waals surface area contributed by atoms with Crippen LogP contribution in [0.2, 0.25) is 5.02 Å². The van der Waals surface area contributed by atoms with Crippen LogP contribution < -0.4 is 10.2 Å². The molecule has 2 amide bonds. The third-order valence-corrected chi connectivity index (χ3v) is 5.00. The Kier molecular flexibility index (Phi) is 5.09. The van der Waals surface area contributed by atoms with E-state index in [9.17, 15) is 9.59 Å². The summed E-state index contributed by atoms with van der Waals surface area (Å²) < 4.78 is 0. The first-order valence-corrected chi connectivity index (χ1v) is 8.82. The van der Waals surface area contributed by atoms with E-state index in [0.717, 1.165) is 23.4 Å². The Morgan fingerprint density at radius 2 is 1.96 bits per heavy atom. The lowest BCUT2D eigenvalue weighted by molar-refractivity contribution is -0.122. The predicted octanol–water partition coefficient (Wildman–Crippen LogP) is 4.20. The second kappa shape index (κ2) is 7.28. The number of halogens is 1. The van der Waals surface area contributed by atoms with Gasteiger partial charge in [0.15, 0.2) is 0 Å². The summed E-state index contributed by atoms with van der Waals surface area (Å²) in [5, 5.41) is 3.52. The van der Waals surface area contributed by atoms with Crippen molar-refractivity contribution in [3.8, 4) is 0 Å². The molecule has 2 aromatic rings. The summed E-state index contributed by atoms with van der Waals surface area (Å²) in [5.74, 6) is -0.543. The van der Waals surface area contributed by atoms with Gasteiger partial charge in [0.1, 0.15) is 0 Å². The number of nitrogens with zero attached hydrogens (tertiary/aromatic N) is 1. The Hall–Kier alpha value is -2.33. The Balaban J connectivity index is 1.68. The van der Waals surface area contributed by atoms with Gasteiger partial charge in [-0.05, 0) is 48.7 Å². The molecule has 1 aliphatic rings. The summed E-state index contributed by atoms with van der Waals surface area (Å²) in [6, 6.07) is 13.3. The van der Waals surface area contributed by atoms with E-state index in [-0.39, 0.29) is 24.2 Å². The lowest BCUT2D eigenvalue weighted by atomic mass is 10.1. The maximum atomic E-state index is 12.5. The van der Waals surface area contributed by atoms with Crippen molar-refractivity contribution < 1.29 is 9.59 Å². The number of aryl methyl sites for hydroxylation is 2. The molecule has 0 radical (unpaired) electrons. The maximum Gasteiger partial charge on any atom is 0.229 e. The largest absolute Gasteiger partial charge is 0.326 e. The molecule has 2 aromatic carbocycles. The molecular weight excluding hydrogens is 336 g/mol. The van der Waals surface area contributed by atoms with Crippen LogP contribution in [0.4, 0.5) is 11.4 Å². The minimum absolute atomic E-state index is 0.0543. The van der Waals surface area contributed by atoms with Gasteiger partial charge in [0.2, 0.25) is 11.8 Å². The molecule has 130 valence electrons. The number of hydrogen-bond donors (Lipinski definition) is 1. The third-order valence-electron chi connectivity index (χ3n) is 4.59. The molecule has 5 heteroatoms. The van der Waals surface area contributed by atoms with E-state index in [1.54, 1.807) is 11.0 Å². The fraction of sp³-hybridized carbons (Fsp3) is 0.300. The molecule has 0 bridgehead atoms. The highest BCUT2D eigenvalue weighted by atomic mass is 35.5. The minimum atomic E-state index is -0.363. The van der Waals surface area contributed by atoms with Crippen molar-refractivity contribution in [1.82, 2.24) is 0 Å². The minimum Gasteiger partial charge on any atom is -0.326 e. The van der Waals surface area contributed by atoms with Crippen molar-refractivity contribution >= 4 is 34.8 Å². The molecule has 3 rings (SSSR count). The first-order chi connectivity index (χ1) is 12.0. The second-order valence-corrected chi connectivity index (χ2v) is 6.79. The highest BCUT2D eigenvalue weighted by molar-refractivity contribution is 6.31. The second-order valence-electron chi connectivity index (χ2n) is 6.38. The van der Waals surface area contributed by atoms with Gasteiger partial charge in [0.05, 0.1) is 5.92 Å². The fourth-order valence-corrected chi connectivity index (χ4v) is 3.13.